The molecule has 0 aliphatic heterocycles. The van der Waals surface area contributed by atoms with Crippen LogP contribution >= 0.6 is 31.9 Å². The standard InChI is InChI=1S/C9H11Br2N/c1-2-12-6-7-3-4-8(10)5-9(7)11/h3-5,12H,2,6H2,1H3. The van der Waals surface area contributed by atoms with E-state index in [9.17, 15) is 0 Å². The normalized spacial score (nSPS) is 10.2. The van der Waals surface area contributed by atoms with Crippen LogP contribution in [0.25, 0.3) is 0 Å². The Morgan fingerprint density at radius 2 is 2.08 bits per heavy atom. The molecule has 0 atom stereocenters. The third-order valence-electron chi connectivity index (χ3n) is 1.58. The van der Waals surface area contributed by atoms with Crippen molar-refractivity contribution in [3.8, 4) is 0 Å². The van der Waals surface area contributed by atoms with Gasteiger partial charge in [-0.15, -0.1) is 0 Å². The zero-order valence-electron chi connectivity index (χ0n) is 6.90. The Morgan fingerprint density at radius 1 is 1.33 bits per heavy atom. The van der Waals surface area contributed by atoms with E-state index >= 15 is 0 Å². The highest BCUT2D eigenvalue weighted by atomic mass is 79.9. The molecule has 66 valence electrons. The fourth-order valence-electron chi connectivity index (χ4n) is 0.925. The molecule has 0 aliphatic rings. The van der Waals surface area contributed by atoms with Gasteiger partial charge < -0.3 is 5.32 Å². The molecule has 1 rings (SSSR count). The van der Waals surface area contributed by atoms with Crippen molar-refractivity contribution in [2.24, 2.45) is 0 Å². The predicted molar refractivity (Wildman–Crippen MR) is 59.2 cm³/mol. The average Bonchev–Trinajstić information content (AvgIpc) is 2.03. The summed E-state index contributed by atoms with van der Waals surface area (Å²) in [5.41, 5.74) is 1.29. The van der Waals surface area contributed by atoms with E-state index in [1.807, 2.05) is 0 Å². The topological polar surface area (TPSA) is 12.0 Å². The van der Waals surface area contributed by atoms with Crippen molar-refractivity contribution in [2.45, 2.75) is 13.5 Å². The molecule has 0 unspecified atom stereocenters. The molecule has 0 heterocycles. The summed E-state index contributed by atoms with van der Waals surface area (Å²) in [5, 5.41) is 3.28. The van der Waals surface area contributed by atoms with Crippen molar-refractivity contribution < 1.29 is 0 Å². The largest absolute Gasteiger partial charge is 0.313 e. The smallest absolute Gasteiger partial charge is 0.0231 e. The van der Waals surface area contributed by atoms with Gasteiger partial charge in [-0.3, -0.25) is 0 Å². The summed E-state index contributed by atoms with van der Waals surface area (Å²) < 4.78 is 2.26. The van der Waals surface area contributed by atoms with E-state index in [0.29, 0.717) is 0 Å². The summed E-state index contributed by atoms with van der Waals surface area (Å²) in [6.45, 7) is 4.03. The second-order valence-corrected chi connectivity index (χ2v) is 4.29. The van der Waals surface area contributed by atoms with Crippen LogP contribution in [0.2, 0.25) is 0 Å². The molecular formula is C9H11Br2N. The number of hydrogen-bond acceptors (Lipinski definition) is 1. The van der Waals surface area contributed by atoms with Gasteiger partial charge in [0.05, 0.1) is 0 Å². The van der Waals surface area contributed by atoms with Gasteiger partial charge in [0.2, 0.25) is 0 Å². The highest BCUT2D eigenvalue weighted by Crippen LogP contribution is 2.21. The molecule has 0 spiro atoms. The zero-order chi connectivity index (χ0) is 8.97. The molecule has 0 fully saturated rings. The van der Waals surface area contributed by atoms with E-state index < -0.39 is 0 Å². The van der Waals surface area contributed by atoms with E-state index in [1.165, 1.54) is 5.56 Å². The van der Waals surface area contributed by atoms with Gasteiger partial charge in [0, 0.05) is 15.5 Å². The van der Waals surface area contributed by atoms with Crippen molar-refractivity contribution in [3.63, 3.8) is 0 Å². The zero-order valence-corrected chi connectivity index (χ0v) is 10.1. The van der Waals surface area contributed by atoms with Gasteiger partial charge in [-0.25, -0.2) is 0 Å². The number of rotatable bonds is 3. The van der Waals surface area contributed by atoms with Crippen molar-refractivity contribution in [3.05, 3.63) is 32.7 Å². The first-order chi connectivity index (χ1) is 5.74. The Labute approximate surface area is 89.8 Å². The van der Waals surface area contributed by atoms with Crippen LogP contribution in [0.3, 0.4) is 0 Å². The highest BCUT2D eigenvalue weighted by Gasteiger charge is 1.98. The maximum Gasteiger partial charge on any atom is 0.0231 e. The maximum atomic E-state index is 3.51. The molecule has 1 N–H and O–H groups in total. The third-order valence-corrected chi connectivity index (χ3v) is 2.81. The van der Waals surface area contributed by atoms with Crippen molar-refractivity contribution in [2.75, 3.05) is 6.54 Å². The Balaban J connectivity index is 2.72. The molecule has 0 aromatic heterocycles. The van der Waals surface area contributed by atoms with Crippen LogP contribution < -0.4 is 5.32 Å². The average molecular weight is 293 g/mol. The van der Waals surface area contributed by atoms with E-state index in [0.717, 1.165) is 22.0 Å². The summed E-state index contributed by atoms with van der Waals surface area (Å²) in [6.07, 6.45) is 0. The van der Waals surface area contributed by atoms with Gasteiger partial charge in [-0.05, 0) is 24.2 Å². The van der Waals surface area contributed by atoms with Crippen molar-refractivity contribution >= 4 is 31.9 Å². The van der Waals surface area contributed by atoms with Crippen molar-refractivity contribution in [1.29, 1.82) is 0 Å². The molecule has 0 saturated carbocycles. The molecule has 0 amide bonds. The first-order valence-electron chi connectivity index (χ1n) is 3.88. The fourth-order valence-corrected chi connectivity index (χ4v) is 2.11. The van der Waals surface area contributed by atoms with Crippen LogP contribution in [-0.2, 0) is 6.54 Å². The van der Waals surface area contributed by atoms with Crippen molar-refractivity contribution in [1.82, 2.24) is 5.32 Å². The summed E-state index contributed by atoms with van der Waals surface area (Å²) >= 11 is 6.92. The van der Waals surface area contributed by atoms with E-state index in [4.69, 9.17) is 0 Å². The molecule has 1 nitrogen and oxygen atoms in total. The molecular weight excluding hydrogens is 282 g/mol. The third kappa shape index (κ3) is 2.88. The van der Waals surface area contributed by atoms with Crippen LogP contribution in [-0.4, -0.2) is 6.54 Å². The van der Waals surface area contributed by atoms with Gasteiger partial charge in [0.25, 0.3) is 0 Å². The molecule has 3 heteroatoms. The van der Waals surface area contributed by atoms with Gasteiger partial charge >= 0.3 is 0 Å². The molecule has 0 saturated heterocycles. The Morgan fingerprint density at radius 3 is 2.67 bits per heavy atom. The lowest BCUT2D eigenvalue weighted by molar-refractivity contribution is 0.724. The van der Waals surface area contributed by atoms with Crippen LogP contribution in [0.4, 0.5) is 0 Å². The van der Waals surface area contributed by atoms with E-state index in [-0.39, 0.29) is 0 Å². The van der Waals surface area contributed by atoms with Gasteiger partial charge in [0.15, 0.2) is 0 Å². The maximum absolute atomic E-state index is 3.51. The lowest BCUT2D eigenvalue weighted by Gasteiger charge is -2.04. The molecule has 0 bridgehead atoms. The van der Waals surface area contributed by atoms with Gasteiger partial charge in [-0.2, -0.15) is 0 Å². The number of nitrogens with one attached hydrogen (secondary N) is 1. The number of benzene rings is 1. The minimum Gasteiger partial charge on any atom is -0.313 e. The van der Waals surface area contributed by atoms with E-state index in [1.54, 1.807) is 0 Å². The Kier molecular flexibility index (Phi) is 4.26. The van der Waals surface area contributed by atoms with Gasteiger partial charge in [-0.1, -0.05) is 44.8 Å². The highest BCUT2D eigenvalue weighted by molar-refractivity contribution is 9.11. The number of hydrogen-bond donors (Lipinski definition) is 1. The minimum atomic E-state index is 0.921. The van der Waals surface area contributed by atoms with Gasteiger partial charge in [0.1, 0.15) is 0 Å². The van der Waals surface area contributed by atoms with Crippen LogP contribution in [0.15, 0.2) is 27.1 Å². The fraction of sp³-hybridized carbons (Fsp3) is 0.333. The summed E-state index contributed by atoms with van der Waals surface area (Å²) in [5.74, 6) is 0. The lowest BCUT2D eigenvalue weighted by Crippen LogP contribution is -2.11. The molecule has 12 heavy (non-hydrogen) atoms. The molecule has 0 radical (unpaired) electrons. The van der Waals surface area contributed by atoms with Crippen LogP contribution in [0.1, 0.15) is 12.5 Å². The second-order valence-electron chi connectivity index (χ2n) is 2.52. The predicted octanol–water partition coefficient (Wildman–Crippen LogP) is 3.32. The lowest BCUT2D eigenvalue weighted by atomic mass is 10.2. The van der Waals surface area contributed by atoms with Crippen LogP contribution in [0, 0.1) is 0 Å². The SMILES string of the molecule is CCNCc1ccc(Br)cc1Br. The summed E-state index contributed by atoms with van der Waals surface area (Å²) in [7, 11) is 0. The van der Waals surface area contributed by atoms with Crippen LogP contribution in [0.5, 0.6) is 0 Å². The minimum absolute atomic E-state index is 0.921. The Bertz CT molecular complexity index is 261. The number of halogens is 2. The second kappa shape index (κ2) is 5.00. The monoisotopic (exact) mass is 291 g/mol. The summed E-state index contributed by atoms with van der Waals surface area (Å²) in [6, 6.07) is 6.22. The Hall–Kier alpha value is 0.140. The summed E-state index contributed by atoms with van der Waals surface area (Å²) in [4.78, 5) is 0. The molecule has 1 aromatic rings. The molecule has 1 aromatic carbocycles. The quantitative estimate of drug-likeness (QED) is 0.901. The van der Waals surface area contributed by atoms with E-state index in [2.05, 4.69) is 62.3 Å². The first kappa shape index (κ1) is 10.2. The first-order valence-corrected chi connectivity index (χ1v) is 5.47. The molecule has 0 aliphatic carbocycles.